The van der Waals surface area contributed by atoms with Crippen molar-refractivity contribution in [3.05, 3.63) is 35.9 Å². The third kappa shape index (κ3) is 4.12. The third-order valence-electron chi connectivity index (χ3n) is 2.46. The van der Waals surface area contributed by atoms with Crippen LogP contribution >= 0.6 is 12.4 Å². The highest BCUT2D eigenvalue weighted by Gasteiger charge is 2.07. The molecule has 1 aromatic carbocycles. The predicted octanol–water partition coefficient (Wildman–Crippen LogP) is 3.34. The molecule has 0 amide bonds. The van der Waals surface area contributed by atoms with Crippen LogP contribution in [-0.2, 0) is 0 Å². The van der Waals surface area contributed by atoms with Crippen LogP contribution in [0.25, 0.3) is 0 Å². The lowest BCUT2D eigenvalue weighted by Gasteiger charge is -2.14. The lowest BCUT2D eigenvalue weighted by molar-refractivity contribution is 0.592. The molecule has 1 unspecified atom stereocenters. The number of hydrogen-bond donors (Lipinski definition) is 1. The molecule has 1 rings (SSSR count). The standard InChI is InChI=1S/C12H19N.ClH/c1-2-3-7-12(10-13)11-8-5-4-6-9-11;/h4-6,8-9,12H,2-3,7,10,13H2,1H3;1H. The second-order valence-electron chi connectivity index (χ2n) is 3.49. The van der Waals surface area contributed by atoms with E-state index in [0.717, 1.165) is 6.54 Å². The monoisotopic (exact) mass is 213 g/mol. The van der Waals surface area contributed by atoms with Gasteiger partial charge in [0.05, 0.1) is 0 Å². The SMILES string of the molecule is CCCCC(CN)c1ccccc1.Cl. The molecule has 1 aromatic rings. The maximum atomic E-state index is 5.75. The van der Waals surface area contributed by atoms with Crippen LogP contribution in [0.4, 0.5) is 0 Å². The van der Waals surface area contributed by atoms with E-state index >= 15 is 0 Å². The fourth-order valence-electron chi connectivity index (χ4n) is 1.60. The van der Waals surface area contributed by atoms with Gasteiger partial charge in [0.15, 0.2) is 0 Å². The Morgan fingerprint density at radius 1 is 1.21 bits per heavy atom. The first-order valence-corrected chi connectivity index (χ1v) is 5.13. The first-order chi connectivity index (χ1) is 6.38. The van der Waals surface area contributed by atoms with Crippen LogP contribution in [-0.4, -0.2) is 6.54 Å². The van der Waals surface area contributed by atoms with Gasteiger partial charge in [-0.05, 0) is 24.4 Å². The zero-order chi connectivity index (χ0) is 9.52. The summed E-state index contributed by atoms with van der Waals surface area (Å²) in [4.78, 5) is 0. The average molecular weight is 214 g/mol. The largest absolute Gasteiger partial charge is 0.330 e. The summed E-state index contributed by atoms with van der Waals surface area (Å²) in [5.74, 6) is 0.557. The van der Waals surface area contributed by atoms with Crippen molar-refractivity contribution >= 4 is 12.4 Å². The molecule has 14 heavy (non-hydrogen) atoms. The van der Waals surface area contributed by atoms with Crippen LogP contribution in [0, 0.1) is 0 Å². The van der Waals surface area contributed by atoms with Crippen LogP contribution < -0.4 is 5.73 Å². The molecular formula is C12H20ClN. The highest BCUT2D eigenvalue weighted by atomic mass is 35.5. The zero-order valence-corrected chi connectivity index (χ0v) is 9.59. The topological polar surface area (TPSA) is 26.0 Å². The molecule has 0 aliphatic rings. The Bertz CT molecular complexity index is 223. The molecule has 0 saturated carbocycles. The van der Waals surface area contributed by atoms with Gasteiger partial charge in [-0.1, -0.05) is 50.1 Å². The Hall–Kier alpha value is -0.530. The predicted molar refractivity (Wildman–Crippen MR) is 65.0 cm³/mol. The van der Waals surface area contributed by atoms with E-state index in [4.69, 9.17) is 5.73 Å². The van der Waals surface area contributed by atoms with E-state index in [1.165, 1.54) is 24.8 Å². The number of hydrogen-bond acceptors (Lipinski definition) is 1. The van der Waals surface area contributed by atoms with Crippen molar-refractivity contribution in [2.45, 2.75) is 32.1 Å². The van der Waals surface area contributed by atoms with E-state index in [-0.39, 0.29) is 12.4 Å². The van der Waals surface area contributed by atoms with Crippen molar-refractivity contribution in [3.63, 3.8) is 0 Å². The van der Waals surface area contributed by atoms with Crippen LogP contribution in [0.2, 0.25) is 0 Å². The molecule has 1 nitrogen and oxygen atoms in total. The zero-order valence-electron chi connectivity index (χ0n) is 8.78. The first-order valence-electron chi connectivity index (χ1n) is 5.13. The highest BCUT2D eigenvalue weighted by Crippen LogP contribution is 2.20. The van der Waals surface area contributed by atoms with Crippen molar-refractivity contribution < 1.29 is 0 Å². The van der Waals surface area contributed by atoms with Crippen molar-refractivity contribution in [3.8, 4) is 0 Å². The number of halogens is 1. The van der Waals surface area contributed by atoms with Crippen LogP contribution in [0.5, 0.6) is 0 Å². The Labute approximate surface area is 93.1 Å². The second kappa shape index (κ2) is 7.84. The molecule has 0 aliphatic carbocycles. The lowest BCUT2D eigenvalue weighted by Crippen LogP contribution is -2.12. The molecule has 0 spiro atoms. The minimum Gasteiger partial charge on any atom is -0.330 e. The maximum absolute atomic E-state index is 5.75. The summed E-state index contributed by atoms with van der Waals surface area (Å²) in [7, 11) is 0. The van der Waals surface area contributed by atoms with Crippen molar-refractivity contribution in [2.24, 2.45) is 5.73 Å². The van der Waals surface area contributed by atoms with Gasteiger partial charge in [0.25, 0.3) is 0 Å². The molecule has 2 N–H and O–H groups in total. The Kier molecular flexibility index (Phi) is 7.54. The minimum atomic E-state index is 0. The molecule has 0 aromatic heterocycles. The van der Waals surface area contributed by atoms with Crippen LogP contribution in [0.1, 0.15) is 37.7 Å². The first kappa shape index (κ1) is 13.5. The molecule has 0 saturated heterocycles. The van der Waals surface area contributed by atoms with Gasteiger partial charge < -0.3 is 5.73 Å². The number of rotatable bonds is 5. The molecule has 80 valence electrons. The molecule has 1 atom stereocenters. The molecule has 0 bridgehead atoms. The molecule has 0 heterocycles. The van der Waals surface area contributed by atoms with Gasteiger partial charge in [0.2, 0.25) is 0 Å². The summed E-state index contributed by atoms with van der Waals surface area (Å²) in [5, 5.41) is 0. The van der Waals surface area contributed by atoms with Crippen LogP contribution in [0.3, 0.4) is 0 Å². The Morgan fingerprint density at radius 2 is 1.86 bits per heavy atom. The summed E-state index contributed by atoms with van der Waals surface area (Å²) in [5.41, 5.74) is 7.13. The van der Waals surface area contributed by atoms with E-state index < -0.39 is 0 Å². The molecule has 0 aliphatic heterocycles. The smallest absolute Gasteiger partial charge is 0.000824 e. The quantitative estimate of drug-likeness (QED) is 0.798. The lowest BCUT2D eigenvalue weighted by atomic mass is 9.94. The minimum absolute atomic E-state index is 0. The fourth-order valence-corrected chi connectivity index (χ4v) is 1.60. The van der Waals surface area contributed by atoms with E-state index in [9.17, 15) is 0 Å². The van der Waals surface area contributed by atoms with E-state index in [1.807, 2.05) is 0 Å². The highest BCUT2D eigenvalue weighted by molar-refractivity contribution is 5.85. The molecule has 0 radical (unpaired) electrons. The number of nitrogens with two attached hydrogens (primary N) is 1. The Morgan fingerprint density at radius 3 is 2.36 bits per heavy atom. The summed E-state index contributed by atoms with van der Waals surface area (Å²) in [6.07, 6.45) is 3.75. The maximum Gasteiger partial charge on any atom is -0.000824 e. The van der Waals surface area contributed by atoms with Gasteiger partial charge >= 0.3 is 0 Å². The summed E-state index contributed by atoms with van der Waals surface area (Å²) in [6, 6.07) is 10.6. The number of benzene rings is 1. The fraction of sp³-hybridized carbons (Fsp3) is 0.500. The number of unbranched alkanes of at least 4 members (excludes halogenated alkanes) is 1. The van der Waals surface area contributed by atoms with Crippen LogP contribution in [0.15, 0.2) is 30.3 Å². The molecular weight excluding hydrogens is 194 g/mol. The molecule has 2 heteroatoms. The normalized spacial score (nSPS) is 11.9. The summed E-state index contributed by atoms with van der Waals surface area (Å²) >= 11 is 0. The van der Waals surface area contributed by atoms with Crippen molar-refractivity contribution in [2.75, 3.05) is 6.54 Å². The second-order valence-corrected chi connectivity index (χ2v) is 3.49. The van der Waals surface area contributed by atoms with Gasteiger partial charge in [-0.2, -0.15) is 0 Å². The molecule has 0 fully saturated rings. The summed E-state index contributed by atoms with van der Waals surface area (Å²) < 4.78 is 0. The third-order valence-corrected chi connectivity index (χ3v) is 2.46. The van der Waals surface area contributed by atoms with E-state index in [2.05, 4.69) is 37.3 Å². The van der Waals surface area contributed by atoms with Gasteiger partial charge in [0.1, 0.15) is 0 Å². The summed E-state index contributed by atoms with van der Waals surface area (Å²) in [6.45, 7) is 2.99. The van der Waals surface area contributed by atoms with Crippen molar-refractivity contribution in [1.82, 2.24) is 0 Å². The van der Waals surface area contributed by atoms with Gasteiger partial charge in [-0.25, -0.2) is 0 Å². The van der Waals surface area contributed by atoms with Crippen molar-refractivity contribution in [1.29, 1.82) is 0 Å². The average Bonchev–Trinajstić information content (AvgIpc) is 2.21. The Balaban J connectivity index is 0.00000169. The van der Waals surface area contributed by atoms with Gasteiger partial charge in [-0.3, -0.25) is 0 Å². The van der Waals surface area contributed by atoms with E-state index in [0.29, 0.717) is 5.92 Å². The van der Waals surface area contributed by atoms with Gasteiger partial charge in [0, 0.05) is 0 Å². The van der Waals surface area contributed by atoms with Gasteiger partial charge in [-0.15, -0.1) is 12.4 Å². The van der Waals surface area contributed by atoms with E-state index in [1.54, 1.807) is 0 Å².